The number of sulfonamides is 1. The average Bonchev–Trinajstić information content (AvgIpc) is 3.36. The summed E-state index contributed by atoms with van der Waals surface area (Å²) in [7, 11) is -3.90. The first-order valence-corrected chi connectivity index (χ1v) is 13.1. The molecule has 0 aromatic heterocycles. The van der Waals surface area contributed by atoms with E-state index in [1.807, 2.05) is 0 Å². The summed E-state index contributed by atoms with van der Waals surface area (Å²) in [4.78, 5) is 36.9. The van der Waals surface area contributed by atoms with Gasteiger partial charge in [0.1, 0.15) is 12.1 Å². The smallest absolute Gasteiger partial charge is 0.326 e. The summed E-state index contributed by atoms with van der Waals surface area (Å²) in [5, 5.41) is 24.5. The first-order valence-electron chi connectivity index (χ1n) is 11.6. The summed E-state index contributed by atoms with van der Waals surface area (Å²) in [6.45, 7) is 0.384. The number of carbonyl (C=O) groups excluding carboxylic acids is 2. The Balaban J connectivity index is 1.61. The van der Waals surface area contributed by atoms with Crippen molar-refractivity contribution < 1.29 is 27.9 Å². The minimum atomic E-state index is -3.90. The van der Waals surface area contributed by atoms with Crippen molar-refractivity contribution in [2.75, 3.05) is 18.4 Å². The Labute approximate surface area is 214 Å². The van der Waals surface area contributed by atoms with Crippen molar-refractivity contribution in [1.82, 2.24) is 14.9 Å². The van der Waals surface area contributed by atoms with E-state index in [0.717, 1.165) is 4.31 Å². The average molecular weight is 531 g/mol. The van der Waals surface area contributed by atoms with E-state index in [-0.39, 0.29) is 42.7 Å². The number of benzene rings is 2. The molecule has 0 spiro atoms. The molecule has 0 unspecified atom stereocenters. The van der Waals surface area contributed by atoms with Crippen LogP contribution in [0.3, 0.4) is 0 Å². The lowest BCUT2D eigenvalue weighted by Crippen LogP contribution is -2.51. The molecule has 2 atom stereocenters. The summed E-state index contributed by atoms with van der Waals surface area (Å²) in [5.74, 6) is -2.42. The third-order valence-corrected chi connectivity index (χ3v) is 7.74. The molecule has 2 aromatic carbocycles. The fourth-order valence-electron chi connectivity index (χ4n) is 3.98. The molecule has 0 bridgehead atoms. The van der Waals surface area contributed by atoms with Crippen molar-refractivity contribution in [3.8, 4) is 0 Å². The fraction of sp³-hybridized carbons (Fsp3) is 0.333. The molecule has 1 heterocycles. The molecule has 2 aromatic rings. The Morgan fingerprint density at radius 2 is 1.78 bits per heavy atom. The van der Waals surface area contributed by atoms with Gasteiger partial charge >= 0.3 is 5.97 Å². The molecule has 1 fully saturated rings. The first-order chi connectivity index (χ1) is 17.6. The maximum Gasteiger partial charge on any atom is 0.326 e. The van der Waals surface area contributed by atoms with Crippen LogP contribution in [0.15, 0.2) is 59.5 Å². The SMILES string of the molecule is N=C(N)NCCC(=O)Nc1ccc(C[C@H](NC(=O)[C@@H]2CCCN2S(=O)(=O)c2ccccc2)C(=O)O)cc1. The quantitative estimate of drug-likeness (QED) is 0.178. The number of rotatable bonds is 11. The molecule has 7 N–H and O–H groups in total. The van der Waals surface area contributed by atoms with Crippen LogP contribution in [-0.4, -0.2) is 66.7 Å². The molecule has 0 radical (unpaired) electrons. The second-order valence-electron chi connectivity index (χ2n) is 8.53. The Bertz CT molecular complexity index is 1240. The van der Waals surface area contributed by atoms with Gasteiger partial charge in [-0.2, -0.15) is 4.31 Å². The Kier molecular flexibility index (Phi) is 9.20. The molecule has 2 amide bonds. The molecule has 0 aliphatic carbocycles. The number of hydrogen-bond acceptors (Lipinski definition) is 6. The molecular formula is C24H30N6O6S. The highest BCUT2D eigenvalue weighted by atomic mass is 32.2. The Morgan fingerprint density at radius 1 is 1.11 bits per heavy atom. The predicted octanol–water partition coefficient (Wildman–Crippen LogP) is 0.463. The Morgan fingerprint density at radius 3 is 2.41 bits per heavy atom. The molecular weight excluding hydrogens is 500 g/mol. The van der Waals surface area contributed by atoms with Crippen LogP contribution in [-0.2, 0) is 30.8 Å². The minimum absolute atomic E-state index is 0.0318. The highest BCUT2D eigenvalue weighted by Gasteiger charge is 2.40. The van der Waals surface area contributed by atoms with Gasteiger partial charge in [0.25, 0.3) is 0 Å². The lowest BCUT2D eigenvalue weighted by atomic mass is 10.0. The number of anilines is 1. The number of nitrogens with zero attached hydrogens (tertiary/aromatic N) is 1. The zero-order valence-corrected chi connectivity index (χ0v) is 20.8. The van der Waals surface area contributed by atoms with Gasteiger partial charge in [-0.3, -0.25) is 15.0 Å². The van der Waals surface area contributed by atoms with Gasteiger partial charge in [0, 0.05) is 31.6 Å². The highest BCUT2D eigenvalue weighted by Crippen LogP contribution is 2.26. The van der Waals surface area contributed by atoms with Gasteiger partial charge in [-0.05, 0) is 42.7 Å². The van der Waals surface area contributed by atoms with Crippen LogP contribution in [0.2, 0.25) is 0 Å². The summed E-state index contributed by atoms with van der Waals surface area (Å²) < 4.78 is 27.2. The second kappa shape index (κ2) is 12.3. The van der Waals surface area contributed by atoms with Crippen LogP contribution >= 0.6 is 0 Å². The third kappa shape index (κ3) is 7.51. The van der Waals surface area contributed by atoms with Crippen molar-refractivity contribution >= 4 is 39.5 Å². The fourth-order valence-corrected chi connectivity index (χ4v) is 5.66. The van der Waals surface area contributed by atoms with E-state index in [2.05, 4.69) is 16.0 Å². The van der Waals surface area contributed by atoms with E-state index in [0.29, 0.717) is 24.1 Å². The number of amides is 2. The lowest BCUT2D eigenvalue weighted by Gasteiger charge is -2.25. The minimum Gasteiger partial charge on any atom is -0.480 e. The maximum atomic E-state index is 13.0. The molecule has 13 heteroatoms. The number of guanidine groups is 1. The zero-order chi connectivity index (χ0) is 27.0. The molecule has 1 aliphatic rings. The van der Waals surface area contributed by atoms with Gasteiger partial charge in [0.05, 0.1) is 4.90 Å². The van der Waals surface area contributed by atoms with Crippen LogP contribution in [0.1, 0.15) is 24.8 Å². The first kappa shape index (κ1) is 27.6. The number of carbonyl (C=O) groups is 3. The molecule has 12 nitrogen and oxygen atoms in total. The number of carboxylic acid groups (broad SMARTS) is 1. The van der Waals surface area contributed by atoms with Gasteiger partial charge < -0.3 is 26.8 Å². The van der Waals surface area contributed by atoms with Crippen LogP contribution in [0.25, 0.3) is 0 Å². The van der Waals surface area contributed by atoms with Gasteiger partial charge in [-0.1, -0.05) is 30.3 Å². The maximum absolute atomic E-state index is 13.0. The third-order valence-electron chi connectivity index (χ3n) is 5.82. The normalized spacial score (nSPS) is 16.5. The van der Waals surface area contributed by atoms with Gasteiger partial charge in [0.15, 0.2) is 5.96 Å². The van der Waals surface area contributed by atoms with Gasteiger partial charge in [0.2, 0.25) is 21.8 Å². The van der Waals surface area contributed by atoms with Crippen LogP contribution in [0.5, 0.6) is 0 Å². The van der Waals surface area contributed by atoms with Crippen LogP contribution < -0.4 is 21.7 Å². The van der Waals surface area contributed by atoms with Crippen LogP contribution in [0.4, 0.5) is 5.69 Å². The number of carboxylic acids is 1. The Hall–Kier alpha value is -3.97. The van der Waals surface area contributed by atoms with Crippen molar-refractivity contribution in [3.05, 3.63) is 60.2 Å². The van der Waals surface area contributed by atoms with E-state index in [9.17, 15) is 27.9 Å². The molecule has 0 saturated carbocycles. The summed E-state index contributed by atoms with van der Waals surface area (Å²) in [6, 6.07) is 12.0. The van der Waals surface area contributed by atoms with Crippen molar-refractivity contribution in [1.29, 1.82) is 5.41 Å². The van der Waals surface area contributed by atoms with Gasteiger partial charge in [-0.25, -0.2) is 13.2 Å². The number of hydrogen-bond donors (Lipinski definition) is 6. The standard InChI is InChI=1S/C24H30N6O6S/c25-24(26)27-13-12-21(31)28-17-10-8-16(9-11-17)15-19(23(33)34)29-22(32)20-7-4-14-30(20)37(35,36)18-5-2-1-3-6-18/h1-3,5-6,8-11,19-20H,4,7,12-15H2,(H,28,31)(H,29,32)(H,33,34)(H4,25,26,27)/t19-,20-/m0/s1. The molecule has 198 valence electrons. The zero-order valence-electron chi connectivity index (χ0n) is 20.0. The van der Waals surface area contributed by atoms with Crippen LogP contribution in [0, 0.1) is 5.41 Å². The topological polar surface area (TPSA) is 195 Å². The summed E-state index contributed by atoms with van der Waals surface area (Å²) in [5.41, 5.74) is 6.27. The predicted molar refractivity (Wildman–Crippen MR) is 136 cm³/mol. The molecule has 1 aliphatic heterocycles. The van der Waals surface area contributed by atoms with E-state index in [4.69, 9.17) is 11.1 Å². The number of aliphatic carboxylic acids is 1. The number of nitrogens with one attached hydrogen (secondary N) is 4. The van der Waals surface area contributed by atoms with Crippen molar-refractivity contribution in [2.45, 2.75) is 42.7 Å². The van der Waals surface area contributed by atoms with Gasteiger partial charge in [-0.15, -0.1) is 0 Å². The highest BCUT2D eigenvalue weighted by molar-refractivity contribution is 7.89. The molecule has 37 heavy (non-hydrogen) atoms. The van der Waals surface area contributed by atoms with E-state index in [1.165, 1.54) is 12.1 Å². The largest absolute Gasteiger partial charge is 0.480 e. The second-order valence-corrected chi connectivity index (χ2v) is 10.4. The lowest BCUT2D eigenvalue weighted by molar-refractivity contribution is -0.142. The molecule has 3 rings (SSSR count). The summed E-state index contributed by atoms with van der Waals surface area (Å²) >= 11 is 0. The van der Waals surface area contributed by atoms with Crippen molar-refractivity contribution in [2.24, 2.45) is 5.73 Å². The summed E-state index contributed by atoms with van der Waals surface area (Å²) in [6.07, 6.45) is 0.850. The number of nitrogens with two attached hydrogens (primary N) is 1. The van der Waals surface area contributed by atoms with E-state index in [1.54, 1.807) is 42.5 Å². The van der Waals surface area contributed by atoms with E-state index < -0.39 is 34.0 Å². The van der Waals surface area contributed by atoms with Crippen molar-refractivity contribution in [3.63, 3.8) is 0 Å². The van der Waals surface area contributed by atoms with E-state index >= 15 is 0 Å². The molecule has 1 saturated heterocycles. The monoisotopic (exact) mass is 530 g/mol.